The first-order valence-corrected chi connectivity index (χ1v) is 6.46. The van der Waals surface area contributed by atoms with Crippen molar-refractivity contribution >= 4 is 5.82 Å². The van der Waals surface area contributed by atoms with E-state index in [0.29, 0.717) is 5.88 Å². The summed E-state index contributed by atoms with van der Waals surface area (Å²) in [4.78, 5) is 8.74. The largest absolute Gasteiger partial charge is 0.481 e. The highest BCUT2D eigenvalue weighted by Crippen LogP contribution is 2.20. The summed E-state index contributed by atoms with van der Waals surface area (Å²) >= 11 is 0. The third-order valence-corrected chi connectivity index (χ3v) is 2.94. The van der Waals surface area contributed by atoms with Crippen LogP contribution in [0.25, 0.3) is 0 Å². The maximum absolute atomic E-state index is 5.19. The smallest absolute Gasteiger partial charge is 0.218 e. The second kappa shape index (κ2) is 6.18. The highest BCUT2D eigenvalue weighted by atomic mass is 16.5. The van der Waals surface area contributed by atoms with Crippen molar-refractivity contribution in [2.24, 2.45) is 0 Å². The molecule has 2 aromatic rings. The molecule has 2 rings (SSSR count). The molecule has 4 heteroatoms. The molecular weight excluding hydrogens is 238 g/mol. The lowest BCUT2D eigenvalue weighted by Gasteiger charge is -2.15. The van der Waals surface area contributed by atoms with Crippen molar-refractivity contribution in [2.45, 2.75) is 26.3 Å². The van der Waals surface area contributed by atoms with E-state index in [1.807, 2.05) is 31.2 Å². The van der Waals surface area contributed by atoms with E-state index in [4.69, 9.17) is 4.74 Å². The van der Waals surface area contributed by atoms with E-state index in [-0.39, 0.29) is 6.04 Å². The Morgan fingerprint density at radius 1 is 1.21 bits per heavy atom. The monoisotopic (exact) mass is 257 g/mol. The number of ether oxygens (including phenoxy) is 1. The van der Waals surface area contributed by atoms with Gasteiger partial charge in [-0.05, 0) is 12.5 Å². The molecule has 0 amide bonds. The predicted octanol–water partition coefficient (Wildman–Crippen LogP) is 3.22. The zero-order valence-electron chi connectivity index (χ0n) is 11.6. The number of nitrogens with zero attached hydrogens (tertiary/aromatic N) is 2. The van der Waals surface area contributed by atoms with Crippen LogP contribution in [0.1, 0.15) is 31.3 Å². The normalized spacial score (nSPS) is 11.9. The fraction of sp³-hybridized carbons (Fsp3) is 0.333. The molecule has 0 fully saturated rings. The van der Waals surface area contributed by atoms with Crippen LogP contribution in [0.5, 0.6) is 5.88 Å². The van der Waals surface area contributed by atoms with Gasteiger partial charge in [0.25, 0.3) is 0 Å². The molecule has 100 valence electrons. The molecule has 0 saturated heterocycles. The Labute approximate surface area is 113 Å². The van der Waals surface area contributed by atoms with Crippen molar-refractivity contribution in [3.63, 3.8) is 0 Å². The third-order valence-electron chi connectivity index (χ3n) is 2.94. The molecule has 1 heterocycles. The topological polar surface area (TPSA) is 47.0 Å². The number of aromatic nitrogens is 2. The van der Waals surface area contributed by atoms with E-state index < -0.39 is 0 Å². The molecule has 1 aromatic carbocycles. The van der Waals surface area contributed by atoms with Crippen LogP contribution >= 0.6 is 0 Å². The molecule has 19 heavy (non-hydrogen) atoms. The van der Waals surface area contributed by atoms with Crippen LogP contribution in [0.4, 0.5) is 5.82 Å². The average Bonchev–Trinajstić information content (AvgIpc) is 2.47. The van der Waals surface area contributed by atoms with Crippen molar-refractivity contribution < 1.29 is 4.74 Å². The van der Waals surface area contributed by atoms with Gasteiger partial charge in [-0.25, -0.2) is 4.98 Å². The maximum atomic E-state index is 5.19. The standard InChI is InChI=1S/C15H19N3O/c1-4-13-17-14(10-15(18-13)19-3)16-11(2)12-8-6-5-7-9-12/h5-11H,4H2,1-3H3,(H,16,17,18). The number of benzene rings is 1. The highest BCUT2D eigenvalue weighted by Gasteiger charge is 2.08. The summed E-state index contributed by atoms with van der Waals surface area (Å²) < 4.78 is 5.19. The Morgan fingerprint density at radius 2 is 1.95 bits per heavy atom. The van der Waals surface area contributed by atoms with E-state index in [0.717, 1.165) is 18.1 Å². The van der Waals surface area contributed by atoms with Crippen LogP contribution in [0.2, 0.25) is 0 Å². The molecule has 1 aromatic heterocycles. The van der Waals surface area contributed by atoms with E-state index in [9.17, 15) is 0 Å². The second-order valence-corrected chi connectivity index (χ2v) is 4.34. The number of anilines is 1. The van der Waals surface area contributed by atoms with Crippen LogP contribution in [-0.2, 0) is 6.42 Å². The van der Waals surface area contributed by atoms with Crippen LogP contribution < -0.4 is 10.1 Å². The zero-order chi connectivity index (χ0) is 13.7. The lowest BCUT2D eigenvalue weighted by Crippen LogP contribution is -2.09. The molecule has 1 N–H and O–H groups in total. The van der Waals surface area contributed by atoms with Gasteiger partial charge in [-0.15, -0.1) is 0 Å². The second-order valence-electron chi connectivity index (χ2n) is 4.34. The van der Waals surface area contributed by atoms with Gasteiger partial charge in [0, 0.05) is 18.5 Å². The van der Waals surface area contributed by atoms with Crippen molar-refractivity contribution in [3.8, 4) is 5.88 Å². The number of rotatable bonds is 5. The SMILES string of the molecule is CCc1nc(NC(C)c2ccccc2)cc(OC)n1. The zero-order valence-corrected chi connectivity index (χ0v) is 11.6. The molecule has 4 nitrogen and oxygen atoms in total. The third kappa shape index (κ3) is 3.44. The van der Waals surface area contributed by atoms with E-state index in [2.05, 4.69) is 34.3 Å². The molecular formula is C15H19N3O. The maximum Gasteiger partial charge on any atom is 0.218 e. The minimum Gasteiger partial charge on any atom is -0.481 e. The summed E-state index contributed by atoms with van der Waals surface area (Å²) in [5.74, 6) is 2.16. The summed E-state index contributed by atoms with van der Waals surface area (Å²) in [5, 5.41) is 3.38. The number of aryl methyl sites for hydroxylation is 1. The summed E-state index contributed by atoms with van der Waals surface area (Å²) in [7, 11) is 1.62. The van der Waals surface area contributed by atoms with Gasteiger partial charge >= 0.3 is 0 Å². The van der Waals surface area contributed by atoms with Crippen molar-refractivity contribution in [1.29, 1.82) is 0 Å². The van der Waals surface area contributed by atoms with Crippen LogP contribution in [0, 0.1) is 0 Å². The van der Waals surface area contributed by atoms with Crippen molar-refractivity contribution in [2.75, 3.05) is 12.4 Å². The Hall–Kier alpha value is -2.10. The summed E-state index contributed by atoms with van der Waals surface area (Å²) in [5.41, 5.74) is 1.22. The summed E-state index contributed by atoms with van der Waals surface area (Å²) in [6.45, 7) is 4.13. The van der Waals surface area contributed by atoms with Crippen molar-refractivity contribution in [3.05, 3.63) is 47.8 Å². The summed E-state index contributed by atoms with van der Waals surface area (Å²) in [6.07, 6.45) is 0.783. The average molecular weight is 257 g/mol. The van der Waals surface area contributed by atoms with E-state index in [1.54, 1.807) is 7.11 Å². The minimum atomic E-state index is 0.186. The van der Waals surface area contributed by atoms with Gasteiger partial charge in [-0.2, -0.15) is 4.98 Å². The molecule has 0 aliphatic rings. The number of nitrogens with one attached hydrogen (secondary N) is 1. The first kappa shape index (κ1) is 13.3. The van der Waals surface area contributed by atoms with E-state index >= 15 is 0 Å². The quantitative estimate of drug-likeness (QED) is 0.893. The van der Waals surface area contributed by atoms with Gasteiger partial charge in [0.15, 0.2) is 0 Å². The van der Waals surface area contributed by atoms with E-state index in [1.165, 1.54) is 5.56 Å². The van der Waals surface area contributed by atoms with Gasteiger partial charge in [-0.3, -0.25) is 0 Å². The molecule has 0 spiro atoms. The Morgan fingerprint density at radius 3 is 2.58 bits per heavy atom. The molecule has 0 saturated carbocycles. The van der Waals surface area contributed by atoms with Crippen LogP contribution in [-0.4, -0.2) is 17.1 Å². The molecule has 0 radical (unpaired) electrons. The highest BCUT2D eigenvalue weighted by molar-refractivity contribution is 5.41. The Kier molecular flexibility index (Phi) is 4.34. The summed E-state index contributed by atoms with van der Waals surface area (Å²) in [6, 6.07) is 12.3. The van der Waals surface area contributed by atoms with Gasteiger partial charge < -0.3 is 10.1 Å². The lowest BCUT2D eigenvalue weighted by molar-refractivity contribution is 0.395. The van der Waals surface area contributed by atoms with Gasteiger partial charge in [0.2, 0.25) is 5.88 Å². The molecule has 0 bridgehead atoms. The van der Waals surface area contributed by atoms with Gasteiger partial charge in [0.1, 0.15) is 11.6 Å². The predicted molar refractivity (Wildman–Crippen MR) is 76.4 cm³/mol. The molecule has 1 unspecified atom stereocenters. The number of hydrogen-bond donors (Lipinski definition) is 1. The van der Waals surface area contributed by atoms with Crippen LogP contribution in [0.15, 0.2) is 36.4 Å². The number of hydrogen-bond acceptors (Lipinski definition) is 4. The van der Waals surface area contributed by atoms with Gasteiger partial charge in [-0.1, -0.05) is 37.3 Å². The fourth-order valence-electron chi connectivity index (χ4n) is 1.86. The molecule has 1 atom stereocenters. The first-order valence-electron chi connectivity index (χ1n) is 6.46. The minimum absolute atomic E-state index is 0.186. The molecule has 0 aliphatic heterocycles. The Bertz CT molecular complexity index is 506. The Balaban J connectivity index is 2.18. The molecule has 0 aliphatic carbocycles. The number of methoxy groups -OCH3 is 1. The van der Waals surface area contributed by atoms with Crippen LogP contribution in [0.3, 0.4) is 0 Å². The fourth-order valence-corrected chi connectivity index (χ4v) is 1.86. The van der Waals surface area contributed by atoms with Crippen molar-refractivity contribution in [1.82, 2.24) is 9.97 Å². The lowest BCUT2D eigenvalue weighted by atomic mass is 10.1. The first-order chi connectivity index (χ1) is 9.22. The van der Waals surface area contributed by atoms with Gasteiger partial charge in [0.05, 0.1) is 7.11 Å².